The highest BCUT2D eigenvalue weighted by Gasteiger charge is 2.00. The van der Waals surface area contributed by atoms with Crippen molar-refractivity contribution in [3.05, 3.63) is 53.4 Å². The number of hydrogen-bond acceptors (Lipinski definition) is 2. The second kappa shape index (κ2) is 6.41. The van der Waals surface area contributed by atoms with Crippen LogP contribution in [0.2, 0.25) is 0 Å². The summed E-state index contributed by atoms with van der Waals surface area (Å²) in [5, 5.41) is 0. The molecular weight excluding hydrogens is 240 g/mol. The van der Waals surface area contributed by atoms with E-state index in [1.807, 2.05) is 23.5 Å². The summed E-state index contributed by atoms with van der Waals surface area (Å²) in [7, 11) is 0. The summed E-state index contributed by atoms with van der Waals surface area (Å²) in [6.07, 6.45) is 5.22. The molecule has 0 aliphatic heterocycles. The van der Waals surface area contributed by atoms with Gasteiger partial charge in [0.1, 0.15) is 12.4 Å². The average Bonchev–Trinajstić information content (AvgIpc) is 2.82. The zero-order chi connectivity index (χ0) is 12.8. The van der Waals surface area contributed by atoms with Crippen LogP contribution in [0.15, 0.2) is 48.6 Å². The third-order valence-electron chi connectivity index (χ3n) is 2.63. The minimum atomic E-state index is 0.644. The summed E-state index contributed by atoms with van der Waals surface area (Å²) in [4.78, 5) is 2.65. The summed E-state index contributed by atoms with van der Waals surface area (Å²) in [6.45, 7) is 4.89. The largest absolute Gasteiger partial charge is 0.490 e. The van der Waals surface area contributed by atoms with Crippen LogP contribution in [0.3, 0.4) is 0 Å². The van der Waals surface area contributed by atoms with Crippen molar-refractivity contribution in [1.29, 1.82) is 0 Å². The normalized spacial score (nSPS) is 11.0. The van der Waals surface area contributed by atoms with E-state index in [0.717, 1.165) is 12.2 Å². The van der Waals surface area contributed by atoms with Crippen LogP contribution in [0.4, 0.5) is 0 Å². The lowest BCUT2D eigenvalue weighted by molar-refractivity contribution is 0.362. The van der Waals surface area contributed by atoms with E-state index in [4.69, 9.17) is 4.74 Å². The van der Waals surface area contributed by atoms with E-state index < -0.39 is 0 Å². The molecule has 2 heteroatoms. The molecular formula is C16H18OS. The van der Waals surface area contributed by atoms with Gasteiger partial charge < -0.3 is 4.74 Å². The second-order valence-electron chi connectivity index (χ2n) is 4.13. The van der Waals surface area contributed by atoms with Crippen LogP contribution >= 0.6 is 11.3 Å². The van der Waals surface area contributed by atoms with Gasteiger partial charge in [-0.05, 0) is 55.3 Å². The fourth-order valence-corrected chi connectivity index (χ4v) is 2.56. The minimum absolute atomic E-state index is 0.644. The maximum absolute atomic E-state index is 5.62. The second-order valence-corrected chi connectivity index (χ2v) is 5.41. The maximum atomic E-state index is 5.62. The molecule has 0 unspecified atom stereocenters. The van der Waals surface area contributed by atoms with Crippen molar-refractivity contribution < 1.29 is 4.74 Å². The van der Waals surface area contributed by atoms with Crippen molar-refractivity contribution in [1.82, 2.24) is 0 Å². The van der Waals surface area contributed by atoms with Gasteiger partial charge in [0.2, 0.25) is 0 Å². The van der Waals surface area contributed by atoms with Crippen LogP contribution in [0.1, 0.15) is 18.2 Å². The van der Waals surface area contributed by atoms with E-state index in [-0.39, 0.29) is 0 Å². The molecule has 1 aromatic carbocycles. The van der Waals surface area contributed by atoms with Crippen LogP contribution in [0, 0.1) is 6.92 Å². The van der Waals surface area contributed by atoms with Gasteiger partial charge in [-0.1, -0.05) is 19.1 Å². The van der Waals surface area contributed by atoms with Gasteiger partial charge in [-0.3, -0.25) is 0 Å². The summed E-state index contributed by atoms with van der Waals surface area (Å²) >= 11 is 1.82. The van der Waals surface area contributed by atoms with Gasteiger partial charge >= 0.3 is 0 Å². The van der Waals surface area contributed by atoms with Crippen molar-refractivity contribution >= 4 is 11.3 Å². The van der Waals surface area contributed by atoms with E-state index in [2.05, 4.69) is 50.3 Å². The first-order valence-corrected chi connectivity index (χ1v) is 7.06. The molecule has 2 aromatic rings. The molecule has 1 aromatic heterocycles. The summed E-state index contributed by atoms with van der Waals surface area (Å²) in [5.74, 6) is 0.924. The van der Waals surface area contributed by atoms with Gasteiger partial charge in [0.05, 0.1) is 0 Å². The predicted octanol–water partition coefficient (Wildman–Crippen LogP) is 5.07. The lowest BCUT2D eigenvalue weighted by Crippen LogP contribution is -1.92. The van der Waals surface area contributed by atoms with Gasteiger partial charge in [0.25, 0.3) is 0 Å². The molecule has 0 N–H and O–H groups in total. The van der Waals surface area contributed by atoms with E-state index in [0.29, 0.717) is 6.61 Å². The summed E-state index contributed by atoms with van der Waals surface area (Å²) in [5.41, 5.74) is 1.25. The topological polar surface area (TPSA) is 9.23 Å². The van der Waals surface area contributed by atoms with Crippen molar-refractivity contribution in [2.45, 2.75) is 20.3 Å². The number of benzene rings is 1. The van der Waals surface area contributed by atoms with Crippen molar-refractivity contribution in [3.8, 4) is 16.2 Å². The van der Waals surface area contributed by atoms with Gasteiger partial charge in [0, 0.05) is 9.75 Å². The number of rotatable bonds is 5. The minimum Gasteiger partial charge on any atom is -0.490 e. The first kappa shape index (κ1) is 12.9. The van der Waals surface area contributed by atoms with Crippen molar-refractivity contribution in [2.24, 2.45) is 0 Å². The van der Waals surface area contributed by atoms with Crippen LogP contribution in [0.5, 0.6) is 5.75 Å². The smallest absolute Gasteiger partial charge is 0.119 e. The molecule has 0 saturated carbocycles. The Bertz CT molecular complexity index is 508. The number of allylic oxidation sites excluding steroid dienone is 1. The third kappa shape index (κ3) is 3.47. The Labute approximate surface area is 113 Å². The first-order chi connectivity index (χ1) is 8.79. The molecule has 0 atom stereocenters. The molecule has 0 aliphatic carbocycles. The highest BCUT2D eigenvalue weighted by molar-refractivity contribution is 7.15. The Kier molecular flexibility index (Phi) is 4.59. The monoisotopic (exact) mass is 258 g/mol. The molecule has 2 rings (SSSR count). The molecule has 1 nitrogen and oxygen atoms in total. The number of thiophene rings is 1. The molecule has 0 aliphatic rings. The van der Waals surface area contributed by atoms with E-state index in [1.165, 1.54) is 15.3 Å². The fraction of sp³-hybridized carbons (Fsp3) is 0.250. The molecule has 0 spiro atoms. The number of hydrogen-bond donors (Lipinski definition) is 0. The number of ether oxygens (including phenoxy) is 1. The van der Waals surface area contributed by atoms with E-state index in [9.17, 15) is 0 Å². The molecule has 18 heavy (non-hydrogen) atoms. The molecule has 1 heterocycles. The molecule has 94 valence electrons. The maximum Gasteiger partial charge on any atom is 0.119 e. The Balaban J connectivity index is 1.99. The fourth-order valence-electron chi connectivity index (χ4n) is 1.68. The van der Waals surface area contributed by atoms with Crippen LogP contribution in [0.25, 0.3) is 10.4 Å². The lowest BCUT2D eigenvalue weighted by atomic mass is 10.2. The predicted molar refractivity (Wildman–Crippen MR) is 79.4 cm³/mol. The molecule has 0 fully saturated rings. The van der Waals surface area contributed by atoms with Gasteiger partial charge in [-0.15, -0.1) is 11.3 Å². The molecule has 0 radical (unpaired) electrons. The number of aryl methyl sites for hydroxylation is 1. The zero-order valence-electron chi connectivity index (χ0n) is 10.8. The Morgan fingerprint density at radius 3 is 2.44 bits per heavy atom. The average molecular weight is 258 g/mol. The first-order valence-electron chi connectivity index (χ1n) is 6.24. The standard InChI is InChI=1S/C16H18OS/c1-3-4-5-12-17-15-9-7-14(8-10-15)16-11-6-13(2)18-16/h4-11H,3,12H2,1-2H3/b5-4+. The van der Waals surface area contributed by atoms with Crippen LogP contribution in [-0.2, 0) is 0 Å². The van der Waals surface area contributed by atoms with Crippen LogP contribution < -0.4 is 4.74 Å². The van der Waals surface area contributed by atoms with Gasteiger partial charge in [0.15, 0.2) is 0 Å². The quantitative estimate of drug-likeness (QED) is 0.680. The van der Waals surface area contributed by atoms with E-state index in [1.54, 1.807) is 0 Å². The zero-order valence-corrected chi connectivity index (χ0v) is 11.7. The Morgan fingerprint density at radius 2 is 1.83 bits per heavy atom. The third-order valence-corrected chi connectivity index (χ3v) is 3.68. The van der Waals surface area contributed by atoms with Crippen molar-refractivity contribution in [3.63, 3.8) is 0 Å². The summed E-state index contributed by atoms with van der Waals surface area (Å²) < 4.78 is 5.62. The lowest BCUT2D eigenvalue weighted by Gasteiger charge is -2.04. The molecule has 0 bridgehead atoms. The summed E-state index contributed by atoms with van der Waals surface area (Å²) in [6, 6.07) is 12.6. The van der Waals surface area contributed by atoms with Gasteiger partial charge in [-0.2, -0.15) is 0 Å². The van der Waals surface area contributed by atoms with Crippen LogP contribution in [-0.4, -0.2) is 6.61 Å². The highest BCUT2D eigenvalue weighted by atomic mass is 32.1. The van der Waals surface area contributed by atoms with E-state index >= 15 is 0 Å². The van der Waals surface area contributed by atoms with Crippen molar-refractivity contribution in [2.75, 3.05) is 6.61 Å². The molecule has 0 saturated heterocycles. The Hall–Kier alpha value is -1.54. The van der Waals surface area contributed by atoms with Gasteiger partial charge in [-0.25, -0.2) is 0 Å². The Morgan fingerprint density at radius 1 is 1.06 bits per heavy atom. The molecule has 0 amide bonds. The highest BCUT2D eigenvalue weighted by Crippen LogP contribution is 2.28. The SMILES string of the molecule is CC/C=C/COc1ccc(-c2ccc(C)s2)cc1.